The van der Waals surface area contributed by atoms with Gasteiger partial charge in [0.05, 0.1) is 6.04 Å². The van der Waals surface area contributed by atoms with E-state index in [9.17, 15) is 9.59 Å². The molecule has 0 fully saturated rings. The normalized spacial score (nSPS) is 12.3. The Morgan fingerprint density at radius 2 is 2.11 bits per heavy atom. The van der Waals surface area contributed by atoms with E-state index in [1.807, 2.05) is 19.2 Å². The van der Waals surface area contributed by atoms with Gasteiger partial charge in [-0.15, -0.1) is 11.3 Å². The molecule has 0 aliphatic carbocycles. The fraction of sp³-hybridized carbons (Fsp3) is 0.583. The second-order valence-electron chi connectivity index (χ2n) is 4.61. The SMILES string of the molecule is Cc1csc(C(C)NC(=O)N(CC(=O)O)C(C)C)n1. The predicted octanol–water partition coefficient (Wildman–Crippen LogP) is 2.02. The highest BCUT2D eigenvalue weighted by Crippen LogP contribution is 2.17. The fourth-order valence-corrected chi connectivity index (χ4v) is 2.34. The number of amides is 2. The molecule has 1 rings (SSSR count). The number of carbonyl (C=O) groups is 2. The first-order valence-corrected chi connectivity index (χ1v) is 6.90. The quantitative estimate of drug-likeness (QED) is 0.867. The zero-order valence-corrected chi connectivity index (χ0v) is 12.3. The molecule has 1 atom stereocenters. The Balaban J connectivity index is 2.68. The fourth-order valence-electron chi connectivity index (χ4n) is 1.54. The van der Waals surface area contributed by atoms with Crippen molar-refractivity contribution >= 4 is 23.3 Å². The van der Waals surface area contributed by atoms with Crippen LogP contribution >= 0.6 is 11.3 Å². The Morgan fingerprint density at radius 3 is 2.53 bits per heavy atom. The standard InChI is InChI=1S/C12H19N3O3S/c1-7(2)15(5-10(16)17)12(18)14-9(4)11-13-8(3)6-19-11/h6-7,9H,5H2,1-4H3,(H,14,18)(H,16,17). The number of carboxylic acid groups (broad SMARTS) is 1. The lowest BCUT2D eigenvalue weighted by molar-refractivity contribution is -0.138. The Labute approximate surface area is 116 Å². The van der Waals surface area contributed by atoms with Gasteiger partial charge in [-0.2, -0.15) is 0 Å². The van der Waals surface area contributed by atoms with E-state index < -0.39 is 12.0 Å². The van der Waals surface area contributed by atoms with Crippen molar-refractivity contribution in [1.29, 1.82) is 0 Å². The summed E-state index contributed by atoms with van der Waals surface area (Å²) < 4.78 is 0. The summed E-state index contributed by atoms with van der Waals surface area (Å²) in [4.78, 5) is 28.4. The van der Waals surface area contributed by atoms with E-state index in [4.69, 9.17) is 5.11 Å². The number of nitrogens with one attached hydrogen (secondary N) is 1. The van der Waals surface area contributed by atoms with Gasteiger partial charge in [0, 0.05) is 17.1 Å². The summed E-state index contributed by atoms with van der Waals surface area (Å²) in [6.45, 7) is 6.96. The van der Waals surface area contributed by atoms with Crippen LogP contribution in [0.2, 0.25) is 0 Å². The van der Waals surface area contributed by atoms with Crippen LogP contribution in [0.15, 0.2) is 5.38 Å². The summed E-state index contributed by atoms with van der Waals surface area (Å²) in [7, 11) is 0. The number of nitrogens with zero attached hydrogens (tertiary/aromatic N) is 2. The molecule has 0 saturated carbocycles. The highest BCUT2D eigenvalue weighted by molar-refractivity contribution is 7.09. The molecule has 0 aromatic carbocycles. The first kappa shape index (κ1) is 15.4. The van der Waals surface area contributed by atoms with E-state index >= 15 is 0 Å². The molecule has 106 valence electrons. The molecule has 1 aromatic rings. The van der Waals surface area contributed by atoms with Crippen LogP contribution in [0, 0.1) is 6.92 Å². The summed E-state index contributed by atoms with van der Waals surface area (Å²) in [6.07, 6.45) is 0. The topological polar surface area (TPSA) is 82.5 Å². The van der Waals surface area contributed by atoms with Crippen molar-refractivity contribution in [2.24, 2.45) is 0 Å². The minimum absolute atomic E-state index is 0.179. The zero-order valence-electron chi connectivity index (χ0n) is 11.5. The minimum Gasteiger partial charge on any atom is -0.480 e. The van der Waals surface area contributed by atoms with Gasteiger partial charge >= 0.3 is 12.0 Å². The molecule has 0 saturated heterocycles. The van der Waals surface area contributed by atoms with Crippen molar-refractivity contribution in [3.05, 3.63) is 16.1 Å². The largest absolute Gasteiger partial charge is 0.480 e. The highest BCUT2D eigenvalue weighted by Gasteiger charge is 2.22. The van der Waals surface area contributed by atoms with Gasteiger partial charge in [0.15, 0.2) is 0 Å². The highest BCUT2D eigenvalue weighted by atomic mass is 32.1. The van der Waals surface area contributed by atoms with Crippen molar-refractivity contribution in [1.82, 2.24) is 15.2 Å². The van der Waals surface area contributed by atoms with Gasteiger partial charge in [-0.25, -0.2) is 9.78 Å². The lowest BCUT2D eigenvalue weighted by Crippen LogP contribution is -2.47. The van der Waals surface area contributed by atoms with Crippen LogP contribution < -0.4 is 5.32 Å². The molecule has 0 bridgehead atoms. The van der Waals surface area contributed by atoms with Gasteiger partial charge in [0.25, 0.3) is 0 Å². The average molecular weight is 285 g/mol. The van der Waals surface area contributed by atoms with E-state index in [0.29, 0.717) is 0 Å². The zero-order chi connectivity index (χ0) is 14.6. The first-order valence-electron chi connectivity index (χ1n) is 6.02. The third kappa shape index (κ3) is 4.51. The smallest absolute Gasteiger partial charge is 0.323 e. The summed E-state index contributed by atoms with van der Waals surface area (Å²) in [5.41, 5.74) is 0.910. The summed E-state index contributed by atoms with van der Waals surface area (Å²) >= 11 is 1.47. The van der Waals surface area contributed by atoms with Crippen LogP contribution in [0.3, 0.4) is 0 Å². The molecule has 2 N–H and O–H groups in total. The summed E-state index contributed by atoms with van der Waals surface area (Å²) in [6, 6.07) is -0.805. The van der Waals surface area contributed by atoms with Crippen LogP contribution in [0.25, 0.3) is 0 Å². The molecule has 1 aromatic heterocycles. The van der Waals surface area contributed by atoms with Crippen LogP contribution in [0.4, 0.5) is 4.79 Å². The number of aromatic nitrogens is 1. The van der Waals surface area contributed by atoms with Crippen LogP contribution in [0.5, 0.6) is 0 Å². The van der Waals surface area contributed by atoms with Crippen molar-refractivity contribution in [3.63, 3.8) is 0 Å². The molecule has 0 aliphatic heterocycles. The van der Waals surface area contributed by atoms with Gasteiger partial charge in [-0.05, 0) is 27.7 Å². The number of urea groups is 1. The number of rotatable bonds is 5. The van der Waals surface area contributed by atoms with Crippen molar-refractivity contribution in [2.45, 2.75) is 39.8 Å². The van der Waals surface area contributed by atoms with E-state index in [-0.39, 0.29) is 18.6 Å². The lowest BCUT2D eigenvalue weighted by atomic mass is 10.3. The monoisotopic (exact) mass is 285 g/mol. The van der Waals surface area contributed by atoms with Gasteiger partial charge < -0.3 is 15.3 Å². The van der Waals surface area contributed by atoms with Crippen LogP contribution in [-0.4, -0.2) is 39.6 Å². The van der Waals surface area contributed by atoms with E-state index in [0.717, 1.165) is 10.7 Å². The Kier molecular flexibility index (Phi) is 5.29. The van der Waals surface area contributed by atoms with Gasteiger partial charge in [0.2, 0.25) is 0 Å². The number of aliphatic carboxylic acids is 1. The predicted molar refractivity (Wildman–Crippen MR) is 73.3 cm³/mol. The number of aryl methyl sites for hydroxylation is 1. The van der Waals surface area contributed by atoms with Crippen LogP contribution in [-0.2, 0) is 4.79 Å². The Hall–Kier alpha value is -1.63. The number of hydrogen-bond acceptors (Lipinski definition) is 4. The molecule has 0 aliphatic rings. The Morgan fingerprint density at radius 1 is 1.47 bits per heavy atom. The lowest BCUT2D eigenvalue weighted by Gasteiger charge is -2.26. The molecular formula is C12H19N3O3S. The van der Waals surface area contributed by atoms with E-state index in [1.165, 1.54) is 16.2 Å². The summed E-state index contributed by atoms with van der Waals surface area (Å²) in [5, 5.41) is 14.3. The Bertz CT molecular complexity index is 459. The maximum atomic E-state index is 12.0. The molecule has 2 amide bonds. The number of carboxylic acids is 1. The van der Waals surface area contributed by atoms with Gasteiger partial charge in [-0.3, -0.25) is 4.79 Å². The molecule has 0 spiro atoms. The first-order chi connectivity index (χ1) is 8.81. The third-order valence-electron chi connectivity index (χ3n) is 2.54. The number of hydrogen-bond donors (Lipinski definition) is 2. The van der Waals surface area contributed by atoms with Gasteiger partial charge in [0.1, 0.15) is 11.6 Å². The van der Waals surface area contributed by atoms with Crippen LogP contribution in [0.1, 0.15) is 37.5 Å². The van der Waals surface area contributed by atoms with Crippen molar-refractivity contribution in [3.8, 4) is 0 Å². The van der Waals surface area contributed by atoms with E-state index in [2.05, 4.69) is 10.3 Å². The maximum absolute atomic E-state index is 12.0. The van der Waals surface area contributed by atoms with Crippen molar-refractivity contribution < 1.29 is 14.7 Å². The molecule has 6 nitrogen and oxygen atoms in total. The molecule has 19 heavy (non-hydrogen) atoms. The van der Waals surface area contributed by atoms with E-state index in [1.54, 1.807) is 13.8 Å². The number of carbonyl (C=O) groups excluding carboxylic acids is 1. The summed E-state index contributed by atoms with van der Waals surface area (Å²) in [5.74, 6) is -1.03. The maximum Gasteiger partial charge on any atom is 0.323 e. The molecular weight excluding hydrogens is 266 g/mol. The number of thiazole rings is 1. The molecule has 1 heterocycles. The molecule has 0 radical (unpaired) electrons. The molecule has 1 unspecified atom stereocenters. The van der Waals surface area contributed by atoms with Crippen molar-refractivity contribution in [2.75, 3.05) is 6.54 Å². The minimum atomic E-state index is -1.03. The second-order valence-corrected chi connectivity index (χ2v) is 5.50. The van der Waals surface area contributed by atoms with Gasteiger partial charge in [-0.1, -0.05) is 0 Å². The third-order valence-corrected chi connectivity index (χ3v) is 3.68. The molecule has 7 heteroatoms. The average Bonchev–Trinajstić information content (AvgIpc) is 2.72. The second kappa shape index (κ2) is 6.51.